The van der Waals surface area contributed by atoms with E-state index in [1.165, 1.54) is 24.3 Å². The number of nitrogens with zero attached hydrogens (tertiary/aromatic N) is 1. The third-order valence-electron chi connectivity index (χ3n) is 3.75. The number of carbonyl (C=O) groups is 3. The standard InChI is InChI=1S/C17H10Cl3N3O3/c18-8-5-11(19)15(12(20)6-8)22-14(24)7-13(21)23-16(25)9-3-1-2-4-10(9)17(23)26/h1-6,21H,7H2,(H,22,24)/p+1. The Morgan fingerprint density at radius 2 is 1.50 bits per heavy atom. The molecule has 0 atom stereocenters. The highest BCUT2D eigenvalue weighted by molar-refractivity contribution is 6.41. The van der Waals surface area contributed by atoms with Crippen LogP contribution in [-0.4, -0.2) is 28.5 Å². The summed E-state index contributed by atoms with van der Waals surface area (Å²) in [5.74, 6) is -2.19. The molecule has 2 aromatic carbocycles. The smallest absolute Gasteiger partial charge is 0.287 e. The monoisotopic (exact) mass is 410 g/mol. The number of quaternary nitrogens is 1. The number of rotatable bonds is 3. The Kier molecular flexibility index (Phi) is 5.11. The summed E-state index contributed by atoms with van der Waals surface area (Å²) < 4.78 is 0. The van der Waals surface area contributed by atoms with Gasteiger partial charge < -0.3 is 0 Å². The second-order valence-electron chi connectivity index (χ2n) is 5.51. The van der Waals surface area contributed by atoms with Gasteiger partial charge in [0.05, 0.1) is 11.1 Å². The van der Waals surface area contributed by atoms with Crippen molar-refractivity contribution in [2.75, 3.05) is 0 Å². The summed E-state index contributed by atoms with van der Waals surface area (Å²) in [6, 6.07) is 9.13. The van der Waals surface area contributed by atoms with Gasteiger partial charge in [-0.15, -0.1) is 0 Å². The molecule has 0 saturated heterocycles. The van der Waals surface area contributed by atoms with Crippen LogP contribution in [0.2, 0.25) is 15.1 Å². The summed E-state index contributed by atoms with van der Waals surface area (Å²) in [6.45, 7) is 0. The van der Waals surface area contributed by atoms with E-state index in [1.807, 2.05) is 0 Å². The Bertz CT molecular complexity index is 917. The van der Waals surface area contributed by atoms with Crippen LogP contribution in [-0.2, 0) is 4.79 Å². The molecule has 0 spiro atoms. The minimum atomic E-state index is -0.619. The van der Waals surface area contributed by atoms with Gasteiger partial charge in [-0.05, 0) is 24.3 Å². The second kappa shape index (κ2) is 7.17. The van der Waals surface area contributed by atoms with E-state index >= 15 is 0 Å². The highest BCUT2D eigenvalue weighted by Crippen LogP contribution is 2.30. The molecule has 2 aromatic rings. The number of fused-ring (bicyclic) bond motifs is 1. The van der Waals surface area contributed by atoms with Crippen molar-refractivity contribution in [3.8, 4) is 0 Å². The molecule has 1 heterocycles. The number of primary amides is 1. The number of hydrogen-bond acceptors (Lipinski definition) is 4. The first-order valence-electron chi connectivity index (χ1n) is 7.37. The number of nitrogens with two attached hydrogens (primary N) is 1. The number of nitrogens with one attached hydrogen (secondary N) is 1. The first-order chi connectivity index (χ1) is 12.3. The van der Waals surface area contributed by atoms with Crippen LogP contribution in [0.25, 0.3) is 0 Å². The zero-order valence-electron chi connectivity index (χ0n) is 13.1. The summed E-state index contributed by atoms with van der Waals surface area (Å²) in [5, 5.41) is 9.87. The molecule has 9 heteroatoms. The Balaban J connectivity index is 1.74. The topological polar surface area (TPSA) is 94.9 Å². The minimum Gasteiger partial charge on any atom is -0.287 e. The van der Waals surface area contributed by atoms with Gasteiger partial charge in [-0.2, -0.15) is 0 Å². The average molecular weight is 412 g/mol. The molecule has 0 unspecified atom stereocenters. The van der Waals surface area contributed by atoms with E-state index in [0.29, 0.717) is 9.92 Å². The van der Waals surface area contributed by atoms with E-state index in [-0.39, 0.29) is 26.9 Å². The summed E-state index contributed by atoms with van der Waals surface area (Å²) in [6.07, 6.45) is -0.458. The highest BCUT2D eigenvalue weighted by Gasteiger charge is 2.38. The quantitative estimate of drug-likeness (QED) is 0.352. The Hall–Kier alpha value is -2.25. The fraction of sp³-hybridized carbons (Fsp3) is 0.0588. The lowest BCUT2D eigenvalue weighted by Gasteiger charge is -2.13. The molecule has 26 heavy (non-hydrogen) atoms. The van der Waals surface area contributed by atoms with E-state index in [2.05, 4.69) is 0 Å². The van der Waals surface area contributed by atoms with Crippen molar-refractivity contribution >= 4 is 64.0 Å². The van der Waals surface area contributed by atoms with Crippen molar-refractivity contribution in [2.24, 2.45) is 0 Å². The average Bonchev–Trinajstić information content (AvgIpc) is 2.82. The van der Waals surface area contributed by atoms with Gasteiger partial charge in [-0.1, -0.05) is 46.9 Å². The summed E-state index contributed by atoms with van der Waals surface area (Å²) in [5.41, 5.74) is 0.683. The van der Waals surface area contributed by atoms with Crippen LogP contribution in [0.1, 0.15) is 27.1 Å². The zero-order chi connectivity index (χ0) is 19.0. The van der Waals surface area contributed by atoms with E-state index < -0.39 is 30.0 Å². The number of benzene rings is 2. The number of amides is 3. The zero-order valence-corrected chi connectivity index (χ0v) is 15.3. The molecule has 132 valence electrons. The highest BCUT2D eigenvalue weighted by atomic mass is 35.5. The largest absolute Gasteiger partial charge is 0.323 e. The van der Waals surface area contributed by atoms with Crippen molar-refractivity contribution in [3.05, 3.63) is 62.6 Å². The van der Waals surface area contributed by atoms with E-state index in [4.69, 9.17) is 40.2 Å². The third kappa shape index (κ3) is 3.37. The maximum Gasteiger partial charge on any atom is 0.323 e. The van der Waals surface area contributed by atoms with Crippen molar-refractivity contribution in [1.82, 2.24) is 4.90 Å². The molecule has 6 nitrogen and oxygen atoms in total. The minimum absolute atomic E-state index is 0.183. The van der Waals surface area contributed by atoms with Gasteiger partial charge in [-0.25, -0.2) is 15.0 Å². The predicted octanol–water partition coefficient (Wildman–Crippen LogP) is 3.03. The number of carbonyl (C=O) groups excluding carboxylic acids is 3. The Labute approximate surface area is 163 Å². The van der Waals surface area contributed by atoms with Crippen LogP contribution < -0.4 is 5.32 Å². The fourth-order valence-electron chi connectivity index (χ4n) is 2.58. The first-order valence-corrected chi connectivity index (χ1v) is 8.50. The molecule has 0 bridgehead atoms. The molecule has 0 fully saturated rings. The third-order valence-corrected chi connectivity index (χ3v) is 4.60. The van der Waals surface area contributed by atoms with Gasteiger partial charge in [0.25, 0.3) is 11.8 Å². The molecule has 1 aliphatic heterocycles. The lowest BCUT2D eigenvalue weighted by atomic mass is 10.1. The SMILES string of the molecule is N=C(CC(=O)[NH2+]c1c(Cl)cc(Cl)cc1Cl)N1C(=O)c2ccccc2C1=O. The number of amidine groups is 1. The summed E-state index contributed by atoms with van der Waals surface area (Å²) in [4.78, 5) is 37.6. The van der Waals surface area contributed by atoms with Gasteiger partial charge in [0.1, 0.15) is 22.3 Å². The number of halogens is 3. The van der Waals surface area contributed by atoms with Crippen molar-refractivity contribution < 1.29 is 19.7 Å². The van der Waals surface area contributed by atoms with E-state index in [1.54, 1.807) is 12.1 Å². The van der Waals surface area contributed by atoms with Crippen LogP contribution >= 0.6 is 34.8 Å². The molecule has 3 amide bonds. The van der Waals surface area contributed by atoms with Crippen molar-refractivity contribution in [2.45, 2.75) is 6.42 Å². The van der Waals surface area contributed by atoms with Crippen LogP contribution in [0.3, 0.4) is 0 Å². The van der Waals surface area contributed by atoms with E-state index in [0.717, 1.165) is 5.32 Å². The van der Waals surface area contributed by atoms with E-state index in [9.17, 15) is 14.4 Å². The molecule has 0 radical (unpaired) electrons. The molecular weight excluding hydrogens is 401 g/mol. The molecule has 0 aliphatic carbocycles. The lowest BCUT2D eigenvalue weighted by Crippen LogP contribution is -2.83. The fourth-order valence-corrected chi connectivity index (χ4v) is 3.51. The Morgan fingerprint density at radius 1 is 1.00 bits per heavy atom. The van der Waals surface area contributed by atoms with Gasteiger partial charge in [-0.3, -0.25) is 15.0 Å². The van der Waals surface area contributed by atoms with Crippen LogP contribution in [0.4, 0.5) is 5.69 Å². The second-order valence-corrected chi connectivity index (χ2v) is 6.76. The predicted molar refractivity (Wildman–Crippen MR) is 97.4 cm³/mol. The normalized spacial score (nSPS) is 13.1. The maximum atomic E-state index is 12.3. The molecule has 3 N–H and O–H groups in total. The van der Waals surface area contributed by atoms with Crippen LogP contribution in [0.15, 0.2) is 36.4 Å². The summed E-state index contributed by atoms with van der Waals surface area (Å²) in [7, 11) is 0. The molecule has 1 aliphatic rings. The van der Waals surface area contributed by atoms with Crippen LogP contribution in [0, 0.1) is 5.41 Å². The van der Waals surface area contributed by atoms with Gasteiger partial charge >= 0.3 is 5.91 Å². The molecule has 3 rings (SSSR count). The van der Waals surface area contributed by atoms with Gasteiger partial charge in [0, 0.05) is 5.02 Å². The molecule has 0 aromatic heterocycles. The van der Waals surface area contributed by atoms with Crippen molar-refractivity contribution in [3.63, 3.8) is 0 Å². The summed E-state index contributed by atoms with van der Waals surface area (Å²) >= 11 is 17.9. The number of hydrogen-bond donors (Lipinski definition) is 2. The van der Waals surface area contributed by atoms with Crippen LogP contribution in [0.5, 0.6) is 0 Å². The van der Waals surface area contributed by atoms with Gasteiger partial charge in [0.2, 0.25) is 0 Å². The van der Waals surface area contributed by atoms with Crippen molar-refractivity contribution in [1.29, 1.82) is 5.41 Å². The lowest BCUT2D eigenvalue weighted by molar-refractivity contribution is -0.482. The number of imide groups is 1. The maximum absolute atomic E-state index is 12.3. The molecular formula is C17H11Cl3N3O3+. The van der Waals surface area contributed by atoms with Gasteiger partial charge in [0.15, 0.2) is 5.69 Å². The molecule has 0 saturated carbocycles. The Morgan fingerprint density at radius 3 is 2.00 bits per heavy atom. The first kappa shape index (κ1) is 18.5.